The largest absolute Gasteiger partial charge is 1.00 e. The number of nitrogens with zero attached hydrogens (tertiary/aromatic N) is 1. The summed E-state index contributed by atoms with van der Waals surface area (Å²) in [5, 5.41) is 0. The Labute approximate surface area is 140 Å². The van der Waals surface area contributed by atoms with Crippen molar-refractivity contribution >= 4 is 10.1 Å². The van der Waals surface area contributed by atoms with Crippen LogP contribution < -0.4 is 51.4 Å². The Morgan fingerprint density at radius 1 is 1.56 bits per heavy atom. The standard InChI is InChI=1S/C10H15NO3S.K.H/c1-2-4-10-5-7-11(9-10)6-3-8-15(12,13)14;;/h2,5,7,9H,1,3-4,6,8H2,(H,12,13,14);;/q;+1;-1. The Morgan fingerprint density at radius 3 is 2.81 bits per heavy atom. The topological polar surface area (TPSA) is 59.3 Å². The second-order valence-electron chi connectivity index (χ2n) is 3.39. The van der Waals surface area contributed by atoms with Crippen molar-refractivity contribution in [2.24, 2.45) is 0 Å². The summed E-state index contributed by atoms with van der Waals surface area (Å²) >= 11 is 0. The van der Waals surface area contributed by atoms with E-state index in [0.29, 0.717) is 13.0 Å². The molecule has 0 aliphatic carbocycles. The molecule has 0 spiro atoms. The number of aromatic nitrogens is 1. The first-order valence-corrected chi connectivity index (χ1v) is 6.33. The van der Waals surface area contributed by atoms with Gasteiger partial charge in [-0.1, -0.05) is 6.08 Å². The van der Waals surface area contributed by atoms with Crippen LogP contribution in [0.15, 0.2) is 31.1 Å². The maximum absolute atomic E-state index is 10.5. The van der Waals surface area contributed by atoms with Crippen molar-refractivity contribution in [3.05, 3.63) is 36.7 Å². The molecule has 0 amide bonds. The molecule has 0 aliphatic rings. The van der Waals surface area contributed by atoms with E-state index < -0.39 is 10.1 Å². The van der Waals surface area contributed by atoms with E-state index in [9.17, 15) is 8.42 Å². The van der Waals surface area contributed by atoms with Gasteiger partial charge in [-0.15, -0.1) is 6.58 Å². The number of aryl methyl sites for hydroxylation is 1. The molecule has 1 rings (SSSR count). The van der Waals surface area contributed by atoms with Crippen LogP contribution in [0.2, 0.25) is 0 Å². The van der Waals surface area contributed by atoms with Gasteiger partial charge in [-0.2, -0.15) is 8.42 Å². The zero-order chi connectivity index (χ0) is 11.3. The van der Waals surface area contributed by atoms with Crippen LogP contribution in [0.4, 0.5) is 0 Å². The normalized spacial score (nSPS) is 10.8. The summed E-state index contributed by atoms with van der Waals surface area (Å²) in [5.74, 6) is -0.192. The number of hydrogen-bond acceptors (Lipinski definition) is 2. The summed E-state index contributed by atoms with van der Waals surface area (Å²) in [6, 6.07) is 1.97. The third kappa shape index (κ3) is 7.00. The van der Waals surface area contributed by atoms with Gasteiger partial charge in [0.25, 0.3) is 10.1 Å². The molecule has 1 aromatic rings. The summed E-state index contributed by atoms with van der Waals surface area (Å²) in [6.07, 6.45) is 6.89. The van der Waals surface area contributed by atoms with Crippen LogP contribution in [0.25, 0.3) is 0 Å². The summed E-state index contributed by atoms with van der Waals surface area (Å²) in [4.78, 5) is 0. The van der Waals surface area contributed by atoms with E-state index in [1.54, 1.807) is 0 Å². The maximum atomic E-state index is 10.5. The van der Waals surface area contributed by atoms with Crippen LogP contribution in [0.5, 0.6) is 0 Å². The minimum Gasteiger partial charge on any atom is -1.00 e. The zero-order valence-corrected chi connectivity index (χ0v) is 13.4. The van der Waals surface area contributed by atoms with E-state index in [2.05, 4.69) is 6.58 Å². The van der Waals surface area contributed by atoms with Gasteiger partial charge in [-0.05, 0) is 24.5 Å². The van der Waals surface area contributed by atoms with Gasteiger partial charge in [-0.25, -0.2) is 0 Å². The van der Waals surface area contributed by atoms with E-state index in [-0.39, 0.29) is 58.6 Å². The number of rotatable bonds is 6. The zero-order valence-electron chi connectivity index (χ0n) is 10.5. The molecule has 1 heterocycles. The molecule has 4 nitrogen and oxygen atoms in total. The SMILES string of the molecule is C=CCc1ccn(CCCS(=O)(=O)O)c1.[H-].[K+]. The van der Waals surface area contributed by atoms with E-state index in [1.807, 2.05) is 29.1 Å². The quantitative estimate of drug-likeness (QED) is 0.393. The van der Waals surface area contributed by atoms with Gasteiger partial charge >= 0.3 is 51.4 Å². The summed E-state index contributed by atoms with van der Waals surface area (Å²) in [6.45, 7) is 4.23. The molecule has 0 bridgehead atoms. The van der Waals surface area contributed by atoms with Crippen molar-refractivity contribution in [1.82, 2.24) is 4.57 Å². The molecule has 0 aromatic carbocycles. The molecule has 0 saturated carbocycles. The summed E-state index contributed by atoms with van der Waals surface area (Å²) in [7, 11) is -3.83. The number of hydrogen-bond donors (Lipinski definition) is 1. The van der Waals surface area contributed by atoms with Crippen molar-refractivity contribution in [1.29, 1.82) is 0 Å². The molecule has 1 aromatic heterocycles. The predicted octanol–water partition coefficient (Wildman–Crippen LogP) is -1.39. The van der Waals surface area contributed by atoms with Gasteiger partial charge < -0.3 is 5.99 Å². The van der Waals surface area contributed by atoms with Crippen molar-refractivity contribution in [2.45, 2.75) is 19.4 Å². The van der Waals surface area contributed by atoms with Gasteiger partial charge in [0, 0.05) is 18.9 Å². The Balaban J connectivity index is 0. The molecule has 0 saturated heterocycles. The van der Waals surface area contributed by atoms with E-state index in [4.69, 9.17) is 4.55 Å². The second-order valence-corrected chi connectivity index (χ2v) is 4.96. The molecule has 0 unspecified atom stereocenters. The van der Waals surface area contributed by atoms with Crippen LogP contribution in [-0.4, -0.2) is 23.3 Å². The molecular weight excluding hydrogens is 253 g/mol. The van der Waals surface area contributed by atoms with Gasteiger partial charge in [0.2, 0.25) is 0 Å². The fraction of sp³-hybridized carbons (Fsp3) is 0.400. The maximum Gasteiger partial charge on any atom is 1.00 e. The third-order valence-electron chi connectivity index (χ3n) is 2.01. The van der Waals surface area contributed by atoms with Gasteiger partial charge in [0.1, 0.15) is 0 Å². The molecular formula is C10H16KNO3S. The third-order valence-corrected chi connectivity index (χ3v) is 2.81. The monoisotopic (exact) mass is 269 g/mol. The van der Waals surface area contributed by atoms with Crippen LogP contribution >= 0.6 is 0 Å². The molecule has 86 valence electrons. The van der Waals surface area contributed by atoms with Crippen LogP contribution in [0.3, 0.4) is 0 Å². The molecule has 0 aliphatic heterocycles. The minimum absolute atomic E-state index is 0. The average Bonchev–Trinajstić information content (AvgIpc) is 2.51. The van der Waals surface area contributed by atoms with Crippen LogP contribution in [0, 0.1) is 0 Å². The van der Waals surface area contributed by atoms with Gasteiger partial charge in [0.05, 0.1) is 5.75 Å². The van der Waals surface area contributed by atoms with Crippen LogP contribution in [-0.2, 0) is 23.1 Å². The van der Waals surface area contributed by atoms with Crippen molar-refractivity contribution in [2.75, 3.05) is 5.75 Å². The number of allylic oxidation sites excluding steroid dienone is 1. The molecule has 16 heavy (non-hydrogen) atoms. The Morgan fingerprint density at radius 2 is 2.25 bits per heavy atom. The van der Waals surface area contributed by atoms with Crippen molar-refractivity contribution in [3.8, 4) is 0 Å². The van der Waals surface area contributed by atoms with Crippen molar-refractivity contribution in [3.63, 3.8) is 0 Å². The first kappa shape index (κ1) is 16.6. The Kier molecular flexibility index (Phi) is 8.09. The smallest absolute Gasteiger partial charge is 1.00 e. The predicted molar refractivity (Wildman–Crippen MR) is 60.5 cm³/mol. The van der Waals surface area contributed by atoms with E-state index in [1.165, 1.54) is 0 Å². The van der Waals surface area contributed by atoms with Gasteiger partial charge in [-0.3, -0.25) is 4.55 Å². The molecule has 0 atom stereocenters. The molecule has 1 N–H and O–H groups in total. The Hall–Kier alpha value is 0.566. The summed E-state index contributed by atoms with van der Waals surface area (Å²) in [5.41, 5.74) is 1.15. The van der Waals surface area contributed by atoms with Crippen LogP contribution in [0.1, 0.15) is 13.4 Å². The molecule has 0 fully saturated rings. The second kappa shape index (κ2) is 7.81. The fourth-order valence-electron chi connectivity index (χ4n) is 1.35. The van der Waals surface area contributed by atoms with E-state index in [0.717, 1.165) is 12.0 Å². The van der Waals surface area contributed by atoms with Crippen molar-refractivity contribution < 1.29 is 65.8 Å². The fourth-order valence-corrected chi connectivity index (χ4v) is 1.84. The average molecular weight is 269 g/mol. The van der Waals surface area contributed by atoms with E-state index >= 15 is 0 Å². The first-order chi connectivity index (χ1) is 7.01. The molecule has 0 radical (unpaired) electrons. The Bertz CT molecular complexity index is 431. The first-order valence-electron chi connectivity index (χ1n) is 4.72. The molecule has 6 heteroatoms. The summed E-state index contributed by atoms with van der Waals surface area (Å²) < 4.78 is 31.4. The minimum atomic E-state index is -3.83. The van der Waals surface area contributed by atoms with Gasteiger partial charge in [0.15, 0.2) is 0 Å².